The Balaban J connectivity index is 1.12. The molecule has 2 aliphatic rings. The summed E-state index contributed by atoms with van der Waals surface area (Å²) >= 11 is 0. The zero-order valence-corrected chi connectivity index (χ0v) is 59.4. The van der Waals surface area contributed by atoms with Gasteiger partial charge in [-0.2, -0.15) is 5.26 Å². The third kappa shape index (κ3) is 8.41. The normalized spacial score (nSPS) is 14.6. The van der Waals surface area contributed by atoms with Gasteiger partial charge in [0.2, 0.25) is 0 Å². The number of fused-ring (bicyclic) bond motifs is 22. The third-order valence-electron chi connectivity index (χ3n) is 22.7. The van der Waals surface area contributed by atoms with E-state index in [1.807, 2.05) is 6.20 Å². The average Bonchev–Trinajstić information content (AvgIpc) is 1.54. The summed E-state index contributed by atoms with van der Waals surface area (Å²) < 4.78 is 10.1. The van der Waals surface area contributed by atoms with Gasteiger partial charge in [0.15, 0.2) is 0 Å². The van der Waals surface area contributed by atoms with E-state index in [4.69, 9.17) is 4.98 Å². The highest BCUT2D eigenvalue weighted by Crippen LogP contribution is 2.63. The second kappa shape index (κ2) is 21.0. The van der Waals surface area contributed by atoms with Crippen LogP contribution >= 0.6 is 0 Å². The first-order valence-corrected chi connectivity index (χ1v) is 35.7. The van der Waals surface area contributed by atoms with Gasteiger partial charge in [0.05, 0.1) is 78.0 Å². The van der Waals surface area contributed by atoms with Crippen LogP contribution in [0.2, 0.25) is 0 Å². The molecule has 1 unspecified atom stereocenters. The molecule has 2 aliphatic carbocycles. The van der Waals surface area contributed by atoms with Crippen molar-refractivity contribution in [2.24, 2.45) is 0 Å². The molecule has 17 aromatic rings. The van der Waals surface area contributed by atoms with Gasteiger partial charge in [-0.1, -0.05) is 247 Å². The van der Waals surface area contributed by atoms with Crippen LogP contribution in [-0.2, 0) is 27.1 Å². The van der Waals surface area contributed by atoms with Gasteiger partial charge in [0.1, 0.15) is 11.6 Å². The molecule has 0 saturated carbocycles. The lowest BCUT2D eigenvalue weighted by Gasteiger charge is -2.30. The Kier molecular flexibility index (Phi) is 12.6. The zero-order valence-electron chi connectivity index (χ0n) is 59.4. The molecule has 0 radical (unpaired) electrons. The lowest BCUT2D eigenvalue weighted by atomic mass is 9.72. The van der Waals surface area contributed by atoms with Crippen LogP contribution in [-0.4, -0.2) is 23.3 Å². The van der Waals surface area contributed by atoms with E-state index < -0.39 is 5.41 Å². The fourth-order valence-corrected chi connectivity index (χ4v) is 17.7. The molecule has 5 heterocycles. The van der Waals surface area contributed by atoms with Gasteiger partial charge < -0.3 is 18.3 Å². The van der Waals surface area contributed by atoms with Crippen LogP contribution in [0.3, 0.4) is 0 Å². The Morgan fingerprint density at radius 2 is 0.614 bits per heavy atom. The van der Waals surface area contributed by atoms with Gasteiger partial charge in [-0.3, -0.25) is 4.98 Å². The summed E-state index contributed by atoms with van der Waals surface area (Å²) in [5.74, 6) is 0. The highest BCUT2D eigenvalue weighted by Gasteiger charge is 2.53. The molecule has 6 nitrogen and oxygen atoms in total. The van der Waals surface area contributed by atoms with Gasteiger partial charge in [-0.05, 0) is 168 Å². The van der Waals surface area contributed by atoms with Crippen molar-refractivity contribution in [1.82, 2.24) is 23.3 Å². The fourth-order valence-electron chi connectivity index (χ4n) is 17.7. The van der Waals surface area contributed by atoms with Crippen LogP contribution in [0.4, 0.5) is 0 Å². The predicted molar refractivity (Wildman–Crippen MR) is 423 cm³/mol. The molecule has 1 atom stereocenters. The quantitative estimate of drug-likeness (QED) is 0.172. The van der Waals surface area contributed by atoms with Crippen molar-refractivity contribution in [3.05, 3.63) is 305 Å². The van der Waals surface area contributed by atoms with E-state index >= 15 is 0 Å². The highest BCUT2D eigenvalue weighted by atomic mass is 15.1. The SMILES string of the molecule is CC(C)(C)c1ccc2c(c1)c1ccccc1n2-c1c(C#N)c(-n2c3ccccc3c3cc(C(C)(C)C)ccc32)c(-n2c3ccccc3c3cc(C(C)(C)C)ccc32)c(-c2ccc3c(c2)-c2ccccc2C32c3ccccc3-c3cccnc32)c1-n1c2ccccc2c2cc(C(C)(C)C)ccc21. The minimum Gasteiger partial charge on any atom is -0.306 e. The molecule has 0 N–H and O–H groups in total. The largest absolute Gasteiger partial charge is 0.306 e. The number of pyridine rings is 1. The maximum absolute atomic E-state index is 13.6. The zero-order chi connectivity index (χ0) is 69.1. The standard InChI is InChI=1S/C95H78N6/c1-91(2,3)57-40-45-81-69(51-57)63-28-15-21-35-77(63)98(81)86-73(55-96)87(99-78-36-22-16-29-64(78)70-52-58(92(4,5)6)41-46-82(70)99)89(101-80-38-24-18-31-66(80)72-54-60(94(10,11)12)43-48-84(72)101)85(88(86)100-79-37-23-17-30-65(79)71-53-59(93(7,8)9)42-47-83(71)100)56-39-44-76-68(50-56)62-27-14-20-34-75(62)95(76)74-33-19-13-26-61(74)67-32-25-49-97-90(67)95/h13-54H,1-12H3. The van der Waals surface area contributed by atoms with Crippen LogP contribution in [0.5, 0.6) is 0 Å². The van der Waals surface area contributed by atoms with E-state index in [9.17, 15) is 5.26 Å². The Hall–Kier alpha value is -11.5. The van der Waals surface area contributed by atoms with Crippen LogP contribution in [0.1, 0.15) is 133 Å². The maximum atomic E-state index is 13.6. The van der Waals surface area contributed by atoms with Crippen molar-refractivity contribution in [3.8, 4) is 62.2 Å². The molecule has 0 aliphatic heterocycles. The van der Waals surface area contributed by atoms with E-state index in [0.717, 1.165) is 138 Å². The Morgan fingerprint density at radius 3 is 0.990 bits per heavy atom. The number of benzene rings is 12. The Labute approximate surface area is 589 Å². The number of aromatic nitrogens is 5. The second-order valence-corrected chi connectivity index (χ2v) is 32.6. The molecule has 0 fully saturated rings. The van der Waals surface area contributed by atoms with Crippen molar-refractivity contribution in [2.75, 3.05) is 0 Å². The van der Waals surface area contributed by atoms with E-state index in [1.54, 1.807) is 0 Å². The average molecular weight is 1300 g/mol. The van der Waals surface area contributed by atoms with E-state index in [-0.39, 0.29) is 21.7 Å². The monoisotopic (exact) mass is 1300 g/mol. The number of nitrogens with zero attached hydrogens (tertiary/aromatic N) is 6. The first kappa shape index (κ1) is 60.6. The lowest BCUT2D eigenvalue weighted by molar-refractivity contribution is 0.591. The number of para-hydroxylation sites is 4. The molecule has 1 spiro atoms. The predicted octanol–water partition coefficient (Wildman–Crippen LogP) is 24.5. The summed E-state index contributed by atoms with van der Waals surface area (Å²) in [6.07, 6.45) is 1.98. The highest BCUT2D eigenvalue weighted by molar-refractivity contribution is 6.18. The number of rotatable bonds is 5. The first-order chi connectivity index (χ1) is 48.6. The molecule has 0 saturated heterocycles. The minimum atomic E-state index is -0.705. The molecule has 5 aromatic heterocycles. The van der Waals surface area contributed by atoms with Gasteiger partial charge in [0, 0.05) is 60.4 Å². The number of nitriles is 1. The number of hydrogen-bond donors (Lipinski definition) is 0. The minimum absolute atomic E-state index is 0.153. The van der Waals surface area contributed by atoms with Crippen LogP contribution in [0.15, 0.2) is 255 Å². The van der Waals surface area contributed by atoms with Gasteiger partial charge in [-0.25, -0.2) is 0 Å². The van der Waals surface area contributed by atoms with E-state index in [1.165, 1.54) is 50.1 Å². The van der Waals surface area contributed by atoms with Crippen molar-refractivity contribution < 1.29 is 0 Å². The molecule has 0 amide bonds. The summed E-state index contributed by atoms with van der Waals surface area (Å²) in [7, 11) is 0. The summed E-state index contributed by atoms with van der Waals surface area (Å²) in [6.45, 7) is 27.7. The van der Waals surface area contributed by atoms with Gasteiger partial charge in [-0.15, -0.1) is 0 Å². The fraction of sp³-hybridized carbons (Fsp3) is 0.179. The van der Waals surface area contributed by atoms with Crippen molar-refractivity contribution in [3.63, 3.8) is 0 Å². The molecule has 488 valence electrons. The maximum Gasteiger partial charge on any atom is 0.104 e. The molecular formula is C95H78N6. The summed E-state index contributed by atoms with van der Waals surface area (Å²) in [6, 6.07) is 97.2. The molecule has 12 aromatic carbocycles. The van der Waals surface area contributed by atoms with E-state index in [0.29, 0.717) is 5.56 Å². The third-order valence-corrected chi connectivity index (χ3v) is 22.7. The topological polar surface area (TPSA) is 56.4 Å². The van der Waals surface area contributed by atoms with Crippen molar-refractivity contribution >= 4 is 87.2 Å². The summed E-state index contributed by atoms with van der Waals surface area (Å²) in [4.78, 5) is 5.43. The first-order valence-electron chi connectivity index (χ1n) is 35.7. The summed E-state index contributed by atoms with van der Waals surface area (Å²) in [5, 5.41) is 22.6. The smallest absolute Gasteiger partial charge is 0.104 e. The molecular weight excluding hydrogens is 1230 g/mol. The van der Waals surface area contributed by atoms with E-state index in [2.05, 4.69) is 356 Å². The Bertz CT molecular complexity index is 6180. The lowest BCUT2D eigenvalue weighted by Crippen LogP contribution is -2.26. The summed E-state index contributed by atoms with van der Waals surface area (Å²) in [5.41, 5.74) is 27.1. The van der Waals surface area contributed by atoms with Crippen LogP contribution < -0.4 is 0 Å². The van der Waals surface area contributed by atoms with Crippen molar-refractivity contribution in [2.45, 2.75) is 110 Å². The van der Waals surface area contributed by atoms with Crippen LogP contribution in [0.25, 0.3) is 143 Å². The van der Waals surface area contributed by atoms with Gasteiger partial charge in [0.25, 0.3) is 0 Å². The van der Waals surface area contributed by atoms with Gasteiger partial charge >= 0.3 is 0 Å². The molecule has 0 bridgehead atoms. The Morgan fingerprint density at radius 1 is 0.297 bits per heavy atom. The number of hydrogen-bond acceptors (Lipinski definition) is 2. The second-order valence-electron chi connectivity index (χ2n) is 32.6. The molecule has 6 heteroatoms. The molecule has 101 heavy (non-hydrogen) atoms. The van der Waals surface area contributed by atoms with Crippen LogP contribution in [0, 0.1) is 11.3 Å². The van der Waals surface area contributed by atoms with Crippen molar-refractivity contribution in [1.29, 1.82) is 5.26 Å². The molecule has 19 rings (SSSR count).